The minimum Gasteiger partial charge on any atom is -0.351 e. The van der Waals surface area contributed by atoms with E-state index in [-0.39, 0.29) is 11.5 Å². The Hall–Kier alpha value is -3.10. The summed E-state index contributed by atoms with van der Waals surface area (Å²) in [6.07, 6.45) is 3.39. The van der Waals surface area contributed by atoms with E-state index in [1.165, 1.54) is 5.56 Å². The van der Waals surface area contributed by atoms with Crippen LogP contribution >= 0.6 is 15.9 Å². The number of carbonyl (C=O) groups is 1. The van der Waals surface area contributed by atoms with Crippen molar-refractivity contribution in [3.63, 3.8) is 0 Å². The molecule has 3 aromatic rings. The van der Waals surface area contributed by atoms with E-state index in [9.17, 15) is 10.1 Å². The van der Waals surface area contributed by atoms with Gasteiger partial charge in [0.25, 0.3) is 5.91 Å². The molecule has 0 saturated carbocycles. The lowest BCUT2D eigenvalue weighted by molar-refractivity contribution is -0.117. The average Bonchev–Trinajstić information content (AvgIpc) is 3.03. The summed E-state index contributed by atoms with van der Waals surface area (Å²) < 4.78 is 3.13. The molecule has 0 bridgehead atoms. The van der Waals surface area contributed by atoms with E-state index in [2.05, 4.69) is 37.9 Å². The van der Waals surface area contributed by atoms with Gasteiger partial charge in [0, 0.05) is 28.1 Å². The first kappa shape index (κ1) is 21.6. The highest BCUT2D eigenvalue weighted by Gasteiger charge is 2.13. The second kappa shape index (κ2) is 10.1. The zero-order valence-electron chi connectivity index (χ0n) is 17.2. The summed E-state index contributed by atoms with van der Waals surface area (Å²) in [6, 6.07) is 22.2. The molecule has 1 N–H and O–H groups in total. The first-order valence-electron chi connectivity index (χ1n) is 9.88. The van der Waals surface area contributed by atoms with Crippen LogP contribution in [-0.4, -0.2) is 17.0 Å². The Morgan fingerprint density at radius 1 is 1.13 bits per heavy atom. The van der Waals surface area contributed by atoms with Crippen molar-refractivity contribution in [1.82, 2.24) is 9.88 Å². The zero-order valence-corrected chi connectivity index (χ0v) is 18.7. The number of nitrogens with one attached hydrogen (secondary N) is 1. The molecule has 2 aromatic carbocycles. The lowest BCUT2D eigenvalue weighted by Gasteiger charge is -2.09. The minimum absolute atomic E-state index is 0.116. The first-order valence-corrected chi connectivity index (χ1v) is 10.7. The highest BCUT2D eigenvalue weighted by molar-refractivity contribution is 9.10. The molecule has 152 valence electrons. The fourth-order valence-corrected chi connectivity index (χ4v) is 3.72. The van der Waals surface area contributed by atoms with E-state index >= 15 is 0 Å². The van der Waals surface area contributed by atoms with Crippen molar-refractivity contribution in [3.05, 3.63) is 93.2 Å². The Balaban J connectivity index is 1.69. The van der Waals surface area contributed by atoms with Crippen molar-refractivity contribution in [3.8, 4) is 11.8 Å². The lowest BCUT2D eigenvalue weighted by Crippen LogP contribution is -2.25. The number of halogens is 1. The first-order chi connectivity index (χ1) is 14.5. The number of nitrogens with zero attached hydrogens (tertiary/aromatic N) is 2. The van der Waals surface area contributed by atoms with Crippen LogP contribution in [0.1, 0.15) is 28.9 Å². The fraction of sp³-hybridized carbons (Fsp3) is 0.200. The zero-order chi connectivity index (χ0) is 21.5. The van der Waals surface area contributed by atoms with E-state index in [0.717, 1.165) is 40.0 Å². The van der Waals surface area contributed by atoms with Gasteiger partial charge in [0.1, 0.15) is 11.6 Å². The molecule has 5 heteroatoms. The number of aromatic nitrogens is 1. The summed E-state index contributed by atoms with van der Waals surface area (Å²) >= 11 is 3.46. The van der Waals surface area contributed by atoms with E-state index in [4.69, 9.17) is 0 Å². The van der Waals surface area contributed by atoms with Crippen LogP contribution in [0.25, 0.3) is 11.8 Å². The Morgan fingerprint density at radius 3 is 2.50 bits per heavy atom. The Labute approximate surface area is 186 Å². The number of benzene rings is 2. The normalized spacial score (nSPS) is 11.2. The van der Waals surface area contributed by atoms with E-state index in [1.54, 1.807) is 6.08 Å². The van der Waals surface area contributed by atoms with Crippen LogP contribution in [0.4, 0.5) is 0 Å². The summed E-state index contributed by atoms with van der Waals surface area (Å²) in [5.41, 5.74) is 5.29. The smallest absolute Gasteiger partial charge is 0.261 e. The molecule has 0 aliphatic heterocycles. The van der Waals surface area contributed by atoms with Gasteiger partial charge in [-0.05, 0) is 74.2 Å². The Morgan fingerprint density at radius 2 is 1.83 bits per heavy atom. The molecule has 0 saturated heterocycles. The van der Waals surface area contributed by atoms with E-state index < -0.39 is 0 Å². The lowest BCUT2D eigenvalue weighted by atomic mass is 10.1. The van der Waals surface area contributed by atoms with Crippen molar-refractivity contribution in [2.24, 2.45) is 0 Å². The summed E-state index contributed by atoms with van der Waals surface area (Å²) in [7, 11) is 0. The van der Waals surface area contributed by atoms with Gasteiger partial charge in [-0.2, -0.15) is 5.26 Å². The number of hydrogen-bond acceptors (Lipinski definition) is 2. The molecule has 0 spiro atoms. The molecule has 0 atom stereocenters. The summed E-state index contributed by atoms with van der Waals surface area (Å²) in [5.74, 6) is -0.334. The van der Waals surface area contributed by atoms with Gasteiger partial charge in [0.2, 0.25) is 0 Å². The Kier molecular flexibility index (Phi) is 7.26. The Bertz CT molecular complexity index is 1090. The molecule has 1 aromatic heterocycles. The molecular weight excluding hydrogens is 438 g/mol. The minimum atomic E-state index is -0.334. The predicted molar refractivity (Wildman–Crippen MR) is 124 cm³/mol. The summed E-state index contributed by atoms with van der Waals surface area (Å²) in [4.78, 5) is 12.5. The van der Waals surface area contributed by atoms with Gasteiger partial charge in [0.05, 0.1) is 0 Å². The molecule has 1 amide bonds. The van der Waals surface area contributed by atoms with Gasteiger partial charge < -0.3 is 9.88 Å². The third kappa shape index (κ3) is 5.28. The van der Waals surface area contributed by atoms with Crippen LogP contribution in [-0.2, 0) is 11.2 Å². The van der Waals surface area contributed by atoms with Gasteiger partial charge in [0.15, 0.2) is 0 Å². The number of rotatable bonds is 7. The number of hydrogen-bond donors (Lipinski definition) is 1. The predicted octanol–water partition coefficient (Wildman–Crippen LogP) is 5.51. The van der Waals surface area contributed by atoms with Crippen LogP contribution in [0.15, 0.2) is 70.7 Å². The van der Waals surface area contributed by atoms with Crippen LogP contribution in [0.2, 0.25) is 0 Å². The molecule has 0 unspecified atom stereocenters. The molecule has 0 aliphatic carbocycles. The van der Waals surface area contributed by atoms with Crippen molar-refractivity contribution < 1.29 is 4.79 Å². The maximum absolute atomic E-state index is 12.5. The highest BCUT2D eigenvalue weighted by Crippen LogP contribution is 2.24. The SMILES string of the molecule is Cc1cc(/C=C(\C#N)C(=O)NCCCc2ccccc2)c(C)n1-c1ccc(Br)cc1. The molecule has 1 heterocycles. The number of nitriles is 1. The van der Waals surface area contributed by atoms with Crippen LogP contribution < -0.4 is 5.32 Å². The van der Waals surface area contributed by atoms with Gasteiger partial charge in [-0.1, -0.05) is 46.3 Å². The molecule has 0 fully saturated rings. The average molecular weight is 462 g/mol. The molecule has 3 rings (SSSR count). The van der Waals surface area contributed by atoms with Gasteiger partial charge in [-0.25, -0.2) is 0 Å². The van der Waals surface area contributed by atoms with Crippen molar-refractivity contribution in [2.75, 3.05) is 6.54 Å². The number of amides is 1. The molecular formula is C25H24BrN3O. The maximum Gasteiger partial charge on any atom is 0.261 e. The molecule has 0 radical (unpaired) electrons. The number of aryl methyl sites for hydroxylation is 2. The summed E-state index contributed by atoms with van der Waals surface area (Å²) in [5, 5.41) is 12.4. The largest absolute Gasteiger partial charge is 0.351 e. The van der Waals surface area contributed by atoms with Crippen molar-refractivity contribution in [1.29, 1.82) is 5.26 Å². The van der Waals surface area contributed by atoms with Gasteiger partial charge >= 0.3 is 0 Å². The highest BCUT2D eigenvalue weighted by atomic mass is 79.9. The molecule has 30 heavy (non-hydrogen) atoms. The van der Waals surface area contributed by atoms with Crippen LogP contribution in [0, 0.1) is 25.2 Å². The van der Waals surface area contributed by atoms with Crippen LogP contribution in [0.3, 0.4) is 0 Å². The van der Waals surface area contributed by atoms with Crippen LogP contribution in [0.5, 0.6) is 0 Å². The van der Waals surface area contributed by atoms with E-state index in [1.807, 2.05) is 68.4 Å². The topological polar surface area (TPSA) is 57.8 Å². The van der Waals surface area contributed by atoms with Crippen molar-refractivity contribution in [2.45, 2.75) is 26.7 Å². The molecule has 0 aliphatic rings. The van der Waals surface area contributed by atoms with Gasteiger partial charge in [-0.3, -0.25) is 4.79 Å². The fourth-order valence-electron chi connectivity index (χ4n) is 3.46. The number of carbonyl (C=O) groups excluding carboxylic acids is 1. The van der Waals surface area contributed by atoms with Crippen molar-refractivity contribution >= 4 is 27.9 Å². The summed E-state index contributed by atoms with van der Waals surface area (Å²) in [6.45, 7) is 4.54. The third-order valence-corrected chi connectivity index (χ3v) is 5.52. The second-order valence-electron chi connectivity index (χ2n) is 7.15. The monoisotopic (exact) mass is 461 g/mol. The quantitative estimate of drug-likeness (QED) is 0.286. The molecule has 4 nitrogen and oxygen atoms in total. The van der Waals surface area contributed by atoms with E-state index in [0.29, 0.717) is 6.54 Å². The standard InChI is InChI=1S/C25H24BrN3O/c1-18-15-21(19(2)29(18)24-12-10-23(26)11-13-24)16-22(17-27)25(30)28-14-6-9-20-7-4-3-5-8-20/h3-5,7-8,10-13,15-16H,6,9,14H2,1-2H3,(H,28,30)/b22-16+. The van der Waals surface area contributed by atoms with Gasteiger partial charge in [-0.15, -0.1) is 0 Å². The third-order valence-electron chi connectivity index (χ3n) is 4.99. The maximum atomic E-state index is 12.5. The second-order valence-corrected chi connectivity index (χ2v) is 8.07.